The molecule has 1 unspecified atom stereocenters. The van der Waals surface area contributed by atoms with E-state index in [0.717, 1.165) is 0 Å². The third kappa shape index (κ3) is 3.55. The fourth-order valence-electron chi connectivity index (χ4n) is 1.39. The van der Waals surface area contributed by atoms with Gasteiger partial charge in [0.05, 0.1) is 5.92 Å². The van der Waals surface area contributed by atoms with Gasteiger partial charge in [-0.05, 0) is 12.3 Å². The van der Waals surface area contributed by atoms with Gasteiger partial charge in [-0.3, -0.25) is 4.79 Å². The molecule has 1 fully saturated rings. The molecule has 1 saturated carbocycles. The molecule has 0 aromatic heterocycles. The van der Waals surface area contributed by atoms with Gasteiger partial charge in [0.15, 0.2) is 6.10 Å². The number of ether oxygens (including phenoxy) is 1. The van der Waals surface area contributed by atoms with Crippen molar-refractivity contribution < 1.29 is 31.5 Å². The first-order valence-corrected chi connectivity index (χ1v) is 5.70. The molecule has 0 aromatic rings. The first-order valence-electron chi connectivity index (χ1n) is 5.70. The highest BCUT2D eigenvalue weighted by molar-refractivity contribution is 5.71. The molecule has 1 aliphatic carbocycles. The normalized spacial score (nSPS) is 18.9. The third-order valence-corrected chi connectivity index (χ3v) is 2.76. The van der Waals surface area contributed by atoms with Gasteiger partial charge in [0.2, 0.25) is 0 Å². The van der Waals surface area contributed by atoms with E-state index in [4.69, 9.17) is 0 Å². The van der Waals surface area contributed by atoms with E-state index in [0.29, 0.717) is 12.8 Å². The van der Waals surface area contributed by atoms with Crippen LogP contribution in [0.1, 0.15) is 33.1 Å². The highest BCUT2D eigenvalue weighted by Gasteiger charge is 2.64. The van der Waals surface area contributed by atoms with Gasteiger partial charge in [-0.2, -0.15) is 22.0 Å². The van der Waals surface area contributed by atoms with Crippen LogP contribution in [0, 0.1) is 11.8 Å². The molecule has 18 heavy (non-hydrogen) atoms. The van der Waals surface area contributed by atoms with Gasteiger partial charge in [0.25, 0.3) is 0 Å². The molecule has 0 aliphatic heterocycles. The molecule has 0 aromatic carbocycles. The minimum atomic E-state index is -5.70. The molecule has 0 heterocycles. The van der Waals surface area contributed by atoms with Crippen molar-refractivity contribution in [2.45, 2.75) is 51.3 Å². The Kier molecular flexibility index (Phi) is 4.23. The zero-order chi connectivity index (χ0) is 14.1. The number of rotatable bonds is 5. The Morgan fingerprint density at radius 3 is 2.06 bits per heavy atom. The molecular weight excluding hydrogens is 259 g/mol. The summed E-state index contributed by atoms with van der Waals surface area (Å²) in [6.45, 7) is 2.75. The first kappa shape index (κ1) is 15.2. The lowest BCUT2D eigenvalue weighted by Gasteiger charge is -2.28. The zero-order valence-electron chi connectivity index (χ0n) is 10.1. The lowest BCUT2D eigenvalue weighted by atomic mass is 10.1. The Labute approximate surface area is 101 Å². The fourth-order valence-corrected chi connectivity index (χ4v) is 1.39. The number of carbonyl (C=O) groups is 1. The Hall–Kier alpha value is -0.880. The number of hydrogen-bond acceptors (Lipinski definition) is 2. The average molecular weight is 274 g/mol. The van der Waals surface area contributed by atoms with Crippen LogP contribution in [0.15, 0.2) is 0 Å². The highest BCUT2D eigenvalue weighted by atomic mass is 19.4. The lowest BCUT2D eigenvalue weighted by molar-refractivity contribution is -0.316. The van der Waals surface area contributed by atoms with Crippen molar-refractivity contribution in [2.24, 2.45) is 11.8 Å². The van der Waals surface area contributed by atoms with E-state index in [1.54, 1.807) is 0 Å². The average Bonchev–Trinajstić information content (AvgIpc) is 2.98. The molecule has 0 amide bonds. The first-order chi connectivity index (χ1) is 8.05. The number of halogens is 5. The summed E-state index contributed by atoms with van der Waals surface area (Å²) in [4.78, 5) is 11.2. The highest BCUT2D eigenvalue weighted by Crippen LogP contribution is 2.45. The number of carbonyl (C=O) groups excluding carboxylic acids is 1. The van der Waals surface area contributed by atoms with Gasteiger partial charge < -0.3 is 4.74 Å². The summed E-state index contributed by atoms with van der Waals surface area (Å²) in [6.07, 6.45) is -7.36. The maximum atomic E-state index is 13.2. The molecule has 0 saturated heterocycles. The third-order valence-electron chi connectivity index (χ3n) is 2.76. The van der Waals surface area contributed by atoms with Gasteiger partial charge >= 0.3 is 18.1 Å². The van der Waals surface area contributed by atoms with Crippen molar-refractivity contribution in [1.29, 1.82) is 0 Å². The van der Waals surface area contributed by atoms with Gasteiger partial charge in [0.1, 0.15) is 0 Å². The lowest BCUT2D eigenvalue weighted by Crippen LogP contribution is -2.49. The van der Waals surface area contributed by atoms with Crippen LogP contribution >= 0.6 is 0 Å². The van der Waals surface area contributed by atoms with Crippen molar-refractivity contribution in [3.63, 3.8) is 0 Å². The second-order valence-corrected chi connectivity index (χ2v) is 4.88. The monoisotopic (exact) mass is 274 g/mol. The largest absolute Gasteiger partial charge is 0.457 e. The minimum absolute atomic E-state index is 0.205. The van der Waals surface area contributed by atoms with Crippen LogP contribution in [0.2, 0.25) is 0 Å². The predicted molar refractivity (Wildman–Crippen MR) is 53.1 cm³/mol. The van der Waals surface area contributed by atoms with E-state index in [-0.39, 0.29) is 5.92 Å². The summed E-state index contributed by atoms with van der Waals surface area (Å²) in [6, 6.07) is 0. The van der Waals surface area contributed by atoms with Crippen LogP contribution < -0.4 is 0 Å². The van der Waals surface area contributed by atoms with E-state index in [9.17, 15) is 26.7 Å². The number of alkyl halides is 5. The maximum Gasteiger partial charge on any atom is 0.457 e. The summed E-state index contributed by atoms with van der Waals surface area (Å²) in [5.41, 5.74) is 0. The predicted octanol–water partition coefficient (Wildman–Crippen LogP) is 3.55. The summed E-state index contributed by atoms with van der Waals surface area (Å²) < 4.78 is 67.5. The Balaban J connectivity index is 2.79. The Morgan fingerprint density at radius 1 is 1.22 bits per heavy atom. The van der Waals surface area contributed by atoms with E-state index < -0.39 is 36.5 Å². The van der Waals surface area contributed by atoms with Crippen LogP contribution in [0.5, 0.6) is 0 Å². The van der Waals surface area contributed by atoms with Crippen molar-refractivity contribution in [1.82, 2.24) is 0 Å². The van der Waals surface area contributed by atoms with Crippen molar-refractivity contribution >= 4 is 5.97 Å². The van der Waals surface area contributed by atoms with Gasteiger partial charge in [-0.15, -0.1) is 0 Å². The summed E-state index contributed by atoms with van der Waals surface area (Å²) in [7, 11) is 0. The molecule has 0 bridgehead atoms. The Morgan fingerprint density at radius 2 is 1.72 bits per heavy atom. The van der Waals surface area contributed by atoms with Crippen LogP contribution in [0.3, 0.4) is 0 Å². The van der Waals surface area contributed by atoms with Crippen molar-refractivity contribution in [2.75, 3.05) is 0 Å². The molecule has 0 radical (unpaired) electrons. The standard InChI is InChI=1S/C11H15F5O2/c1-6(2)9(17)18-8(5-7-3-4-7)10(12,13)11(14,15)16/h6-8H,3-5H2,1-2H3. The second-order valence-electron chi connectivity index (χ2n) is 4.88. The molecule has 7 heteroatoms. The van der Waals surface area contributed by atoms with Crippen LogP contribution in [-0.2, 0) is 9.53 Å². The Bertz CT molecular complexity index is 307. The van der Waals surface area contributed by atoms with Crippen LogP contribution in [0.25, 0.3) is 0 Å². The zero-order valence-corrected chi connectivity index (χ0v) is 10.1. The van der Waals surface area contributed by atoms with E-state index >= 15 is 0 Å². The quantitative estimate of drug-likeness (QED) is 0.566. The molecule has 106 valence electrons. The number of hydrogen-bond donors (Lipinski definition) is 0. The maximum absolute atomic E-state index is 13.2. The molecular formula is C11H15F5O2. The molecule has 0 N–H and O–H groups in total. The molecule has 0 spiro atoms. The summed E-state index contributed by atoms with van der Waals surface area (Å²) in [5, 5.41) is 0. The van der Waals surface area contributed by atoms with Gasteiger partial charge in [-0.1, -0.05) is 26.7 Å². The van der Waals surface area contributed by atoms with Crippen molar-refractivity contribution in [3.05, 3.63) is 0 Å². The topological polar surface area (TPSA) is 26.3 Å². The molecule has 1 atom stereocenters. The van der Waals surface area contributed by atoms with Gasteiger partial charge in [0, 0.05) is 0 Å². The SMILES string of the molecule is CC(C)C(=O)OC(CC1CC1)C(F)(F)C(F)(F)F. The molecule has 2 nitrogen and oxygen atoms in total. The second kappa shape index (κ2) is 5.01. The van der Waals surface area contributed by atoms with E-state index in [1.165, 1.54) is 13.8 Å². The smallest absolute Gasteiger partial charge is 0.455 e. The molecule has 1 aliphatic rings. The van der Waals surface area contributed by atoms with E-state index in [1.807, 2.05) is 0 Å². The van der Waals surface area contributed by atoms with Crippen LogP contribution in [0.4, 0.5) is 22.0 Å². The van der Waals surface area contributed by atoms with Crippen molar-refractivity contribution in [3.8, 4) is 0 Å². The summed E-state index contributed by atoms with van der Waals surface area (Å²) >= 11 is 0. The van der Waals surface area contributed by atoms with Gasteiger partial charge in [-0.25, -0.2) is 0 Å². The minimum Gasteiger partial charge on any atom is -0.455 e. The van der Waals surface area contributed by atoms with E-state index in [2.05, 4.69) is 4.74 Å². The summed E-state index contributed by atoms with van der Waals surface area (Å²) in [5.74, 6) is -6.98. The molecule has 1 rings (SSSR count). The van der Waals surface area contributed by atoms with Crippen LogP contribution in [-0.4, -0.2) is 24.2 Å². The fraction of sp³-hybridized carbons (Fsp3) is 0.909. The number of esters is 1.